The summed E-state index contributed by atoms with van der Waals surface area (Å²) in [5.41, 5.74) is 1.01. The first-order chi connectivity index (χ1) is 8.34. The van der Waals surface area contributed by atoms with Gasteiger partial charge in [-0.25, -0.2) is 8.78 Å². The van der Waals surface area contributed by atoms with Crippen molar-refractivity contribution in [2.45, 2.75) is 46.6 Å². The highest BCUT2D eigenvalue weighted by Gasteiger charge is 2.23. The molecule has 18 heavy (non-hydrogen) atoms. The molecule has 102 valence electrons. The zero-order valence-corrected chi connectivity index (χ0v) is 11.7. The molecule has 1 aromatic rings. The Hall–Kier alpha value is -0.960. The van der Waals surface area contributed by atoms with Crippen molar-refractivity contribution in [3.63, 3.8) is 0 Å². The number of benzene rings is 1. The molecule has 3 heteroatoms. The monoisotopic (exact) mass is 255 g/mol. The SMILES string of the molecule is CCNC(CCc1ccc(F)c(F)c1)C(C)(C)C. The van der Waals surface area contributed by atoms with Crippen LogP contribution in [0.3, 0.4) is 0 Å². The number of hydrogen-bond acceptors (Lipinski definition) is 1. The van der Waals surface area contributed by atoms with Crippen molar-refractivity contribution in [1.29, 1.82) is 0 Å². The summed E-state index contributed by atoms with van der Waals surface area (Å²) < 4.78 is 25.9. The quantitative estimate of drug-likeness (QED) is 0.841. The molecule has 0 aliphatic heterocycles. The molecule has 0 bridgehead atoms. The van der Waals surface area contributed by atoms with E-state index in [1.165, 1.54) is 12.1 Å². The minimum Gasteiger partial charge on any atom is -0.314 e. The van der Waals surface area contributed by atoms with E-state index in [9.17, 15) is 8.78 Å². The number of aryl methyl sites for hydroxylation is 1. The van der Waals surface area contributed by atoms with Gasteiger partial charge in [0.1, 0.15) is 0 Å². The molecule has 1 rings (SSSR count). The molecule has 1 aromatic carbocycles. The zero-order valence-electron chi connectivity index (χ0n) is 11.7. The Bertz CT molecular complexity index is 383. The Balaban J connectivity index is 2.64. The second kappa shape index (κ2) is 6.28. The van der Waals surface area contributed by atoms with Crippen molar-refractivity contribution in [2.24, 2.45) is 5.41 Å². The molecule has 1 nitrogen and oxygen atoms in total. The fraction of sp³-hybridized carbons (Fsp3) is 0.600. The zero-order chi connectivity index (χ0) is 13.8. The first-order valence-electron chi connectivity index (χ1n) is 6.52. The lowest BCUT2D eigenvalue weighted by Crippen LogP contribution is -2.40. The second-order valence-corrected chi connectivity index (χ2v) is 5.76. The Labute approximate surface area is 109 Å². The van der Waals surface area contributed by atoms with Crippen LogP contribution in [0, 0.1) is 17.0 Å². The van der Waals surface area contributed by atoms with Gasteiger partial charge < -0.3 is 5.32 Å². The molecule has 0 amide bonds. The molecule has 1 unspecified atom stereocenters. The standard InChI is InChI=1S/C15H23F2N/c1-5-18-14(15(2,3)4)9-7-11-6-8-12(16)13(17)10-11/h6,8,10,14,18H,5,7,9H2,1-4H3. The summed E-state index contributed by atoms with van der Waals surface area (Å²) in [6, 6.07) is 4.52. The maximum Gasteiger partial charge on any atom is 0.159 e. The highest BCUT2D eigenvalue weighted by Crippen LogP contribution is 2.23. The van der Waals surface area contributed by atoms with Crippen molar-refractivity contribution in [3.05, 3.63) is 35.4 Å². The van der Waals surface area contributed by atoms with E-state index >= 15 is 0 Å². The first kappa shape index (κ1) is 15.1. The summed E-state index contributed by atoms with van der Waals surface area (Å²) in [5, 5.41) is 3.45. The van der Waals surface area contributed by atoms with E-state index in [0.29, 0.717) is 6.04 Å². The summed E-state index contributed by atoms with van der Waals surface area (Å²) in [4.78, 5) is 0. The molecule has 0 heterocycles. The van der Waals surface area contributed by atoms with Gasteiger partial charge in [0.25, 0.3) is 0 Å². The minimum absolute atomic E-state index is 0.161. The van der Waals surface area contributed by atoms with Crippen LogP contribution in [-0.4, -0.2) is 12.6 Å². The smallest absolute Gasteiger partial charge is 0.159 e. The van der Waals surface area contributed by atoms with Gasteiger partial charge in [-0.15, -0.1) is 0 Å². The third-order valence-electron chi connectivity index (χ3n) is 3.20. The summed E-state index contributed by atoms with van der Waals surface area (Å²) in [7, 11) is 0. The predicted octanol–water partition coefficient (Wildman–Crippen LogP) is 3.92. The molecule has 0 fully saturated rings. The van der Waals surface area contributed by atoms with E-state index in [1.54, 1.807) is 6.07 Å². The van der Waals surface area contributed by atoms with E-state index in [-0.39, 0.29) is 5.41 Å². The van der Waals surface area contributed by atoms with Crippen LogP contribution < -0.4 is 5.32 Å². The Kier molecular flexibility index (Phi) is 5.27. The molecule has 1 N–H and O–H groups in total. The third kappa shape index (κ3) is 4.37. The molecule has 0 aliphatic carbocycles. The molecule has 0 saturated carbocycles. The fourth-order valence-corrected chi connectivity index (χ4v) is 2.09. The fourth-order valence-electron chi connectivity index (χ4n) is 2.09. The van der Waals surface area contributed by atoms with E-state index in [1.807, 2.05) is 0 Å². The molecule has 0 aliphatic rings. The largest absolute Gasteiger partial charge is 0.314 e. The predicted molar refractivity (Wildman–Crippen MR) is 71.6 cm³/mol. The maximum atomic E-state index is 13.1. The van der Waals surface area contributed by atoms with Crippen LogP contribution in [0.15, 0.2) is 18.2 Å². The normalized spacial score (nSPS) is 13.7. The number of hydrogen-bond donors (Lipinski definition) is 1. The van der Waals surface area contributed by atoms with Gasteiger partial charge in [0.05, 0.1) is 0 Å². The lowest BCUT2D eigenvalue weighted by Gasteiger charge is -2.31. The van der Waals surface area contributed by atoms with Crippen LogP contribution in [-0.2, 0) is 6.42 Å². The van der Waals surface area contributed by atoms with Crippen molar-refractivity contribution in [1.82, 2.24) is 5.32 Å². The minimum atomic E-state index is -0.780. The molecule has 0 saturated heterocycles. The van der Waals surface area contributed by atoms with Gasteiger partial charge in [-0.3, -0.25) is 0 Å². The van der Waals surface area contributed by atoms with Crippen molar-refractivity contribution >= 4 is 0 Å². The number of nitrogens with one attached hydrogen (secondary N) is 1. The molecular formula is C15H23F2N. The van der Waals surface area contributed by atoms with Crippen LogP contribution >= 0.6 is 0 Å². The van der Waals surface area contributed by atoms with E-state index in [2.05, 4.69) is 33.0 Å². The summed E-state index contributed by atoms with van der Waals surface area (Å²) >= 11 is 0. The summed E-state index contributed by atoms with van der Waals surface area (Å²) in [5.74, 6) is -1.54. The number of rotatable bonds is 5. The Morgan fingerprint density at radius 2 is 1.83 bits per heavy atom. The lowest BCUT2D eigenvalue weighted by molar-refractivity contribution is 0.258. The Morgan fingerprint density at radius 3 is 2.33 bits per heavy atom. The van der Waals surface area contributed by atoms with Crippen molar-refractivity contribution < 1.29 is 8.78 Å². The van der Waals surface area contributed by atoms with Gasteiger partial charge in [0.15, 0.2) is 11.6 Å². The van der Waals surface area contributed by atoms with Gasteiger partial charge in [0, 0.05) is 6.04 Å². The van der Waals surface area contributed by atoms with Crippen LogP contribution in [0.2, 0.25) is 0 Å². The molecular weight excluding hydrogens is 232 g/mol. The Morgan fingerprint density at radius 1 is 1.17 bits per heavy atom. The lowest BCUT2D eigenvalue weighted by atomic mass is 9.83. The summed E-state index contributed by atoms with van der Waals surface area (Å²) in [6.45, 7) is 9.55. The maximum absolute atomic E-state index is 13.1. The first-order valence-corrected chi connectivity index (χ1v) is 6.52. The number of halogens is 2. The average molecular weight is 255 g/mol. The van der Waals surface area contributed by atoms with Crippen molar-refractivity contribution in [3.8, 4) is 0 Å². The third-order valence-corrected chi connectivity index (χ3v) is 3.20. The van der Waals surface area contributed by atoms with E-state index in [4.69, 9.17) is 0 Å². The van der Waals surface area contributed by atoms with Gasteiger partial charge in [0.2, 0.25) is 0 Å². The van der Waals surface area contributed by atoms with E-state index in [0.717, 1.165) is 24.9 Å². The highest BCUT2D eigenvalue weighted by molar-refractivity contribution is 5.18. The van der Waals surface area contributed by atoms with Crippen LogP contribution in [0.25, 0.3) is 0 Å². The second-order valence-electron chi connectivity index (χ2n) is 5.76. The van der Waals surface area contributed by atoms with Gasteiger partial charge in [-0.1, -0.05) is 33.8 Å². The van der Waals surface area contributed by atoms with Crippen LogP contribution in [0.5, 0.6) is 0 Å². The van der Waals surface area contributed by atoms with Crippen LogP contribution in [0.4, 0.5) is 8.78 Å². The van der Waals surface area contributed by atoms with E-state index < -0.39 is 11.6 Å². The average Bonchev–Trinajstić information content (AvgIpc) is 2.27. The van der Waals surface area contributed by atoms with Gasteiger partial charge in [-0.05, 0) is 42.5 Å². The molecule has 0 aromatic heterocycles. The molecule has 1 atom stereocenters. The van der Waals surface area contributed by atoms with Gasteiger partial charge >= 0.3 is 0 Å². The highest BCUT2D eigenvalue weighted by atomic mass is 19.2. The van der Waals surface area contributed by atoms with Crippen molar-refractivity contribution in [2.75, 3.05) is 6.54 Å². The topological polar surface area (TPSA) is 12.0 Å². The van der Waals surface area contributed by atoms with Gasteiger partial charge in [-0.2, -0.15) is 0 Å². The molecule has 0 radical (unpaired) electrons. The molecule has 0 spiro atoms. The summed E-state index contributed by atoms with van der Waals surface area (Å²) in [6.07, 6.45) is 1.68. The van der Waals surface area contributed by atoms with Crippen LogP contribution in [0.1, 0.15) is 39.7 Å².